The number of piperidine rings is 1. The first-order valence-corrected chi connectivity index (χ1v) is 10.2. The third kappa shape index (κ3) is 5.57. The van der Waals surface area contributed by atoms with Crippen LogP contribution in [0.15, 0.2) is 42.5 Å². The van der Waals surface area contributed by atoms with Gasteiger partial charge in [0.1, 0.15) is 5.75 Å². The number of amides is 2. The number of likely N-dealkylation sites (tertiary alicyclic amines) is 1. The van der Waals surface area contributed by atoms with E-state index in [0.29, 0.717) is 16.8 Å². The van der Waals surface area contributed by atoms with Crippen molar-refractivity contribution in [2.75, 3.05) is 18.5 Å². The first kappa shape index (κ1) is 22.7. The predicted molar refractivity (Wildman–Crippen MR) is 111 cm³/mol. The Kier molecular flexibility index (Phi) is 6.87. The van der Waals surface area contributed by atoms with Gasteiger partial charge >= 0.3 is 6.18 Å². The molecule has 0 radical (unpaired) electrons. The number of rotatable bonds is 5. The van der Waals surface area contributed by atoms with E-state index < -0.39 is 30.0 Å². The van der Waals surface area contributed by atoms with Crippen LogP contribution in [0, 0.1) is 6.92 Å². The SMILES string of the molecule is Cc1cc(C(=O)N2CCCCC2C)ccc1NC(=O)COc1ccccc1C(F)(F)F. The zero-order valence-corrected chi connectivity index (χ0v) is 17.5. The Morgan fingerprint density at radius 2 is 1.90 bits per heavy atom. The Morgan fingerprint density at radius 3 is 2.58 bits per heavy atom. The summed E-state index contributed by atoms with van der Waals surface area (Å²) >= 11 is 0. The Labute approximate surface area is 179 Å². The average molecular weight is 434 g/mol. The molecular weight excluding hydrogens is 409 g/mol. The number of alkyl halides is 3. The van der Waals surface area contributed by atoms with E-state index >= 15 is 0 Å². The minimum Gasteiger partial charge on any atom is -0.483 e. The number of nitrogens with one attached hydrogen (secondary N) is 1. The molecule has 1 aliphatic rings. The summed E-state index contributed by atoms with van der Waals surface area (Å²) in [5, 5.41) is 2.62. The fourth-order valence-corrected chi connectivity index (χ4v) is 3.66. The van der Waals surface area contributed by atoms with Crippen LogP contribution in [0.4, 0.5) is 18.9 Å². The summed E-state index contributed by atoms with van der Waals surface area (Å²) in [5.41, 5.74) is 0.758. The number of benzene rings is 2. The number of hydrogen-bond donors (Lipinski definition) is 1. The third-order valence-corrected chi connectivity index (χ3v) is 5.36. The van der Waals surface area contributed by atoms with E-state index in [2.05, 4.69) is 5.32 Å². The van der Waals surface area contributed by atoms with E-state index in [9.17, 15) is 22.8 Å². The molecule has 2 aromatic carbocycles. The van der Waals surface area contributed by atoms with Crippen LogP contribution in [0.3, 0.4) is 0 Å². The van der Waals surface area contributed by atoms with Crippen LogP contribution < -0.4 is 10.1 Å². The van der Waals surface area contributed by atoms with Crippen LogP contribution in [0.2, 0.25) is 0 Å². The molecule has 1 fully saturated rings. The van der Waals surface area contributed by atoms with Gasteiger partial charge < -0.3 is 15.0 Å². The minimum absolute atomic E-state index is 0.0414. The summed E-state index contributed by atoms with van der Waals surface area (Å²) in [5.74, 6) is -1.04. The number of carbonyl (C=O) groups excluding carboxylic acids is 2. The van der Waals surface area contributed by atoms with Gasteiger partial charge in [0.2, 0.25) is 0 Å². The Morgan fingerprint density at radius 1 is 1.16 bits per heavy atom. The number of nitrogens with zero attached hydrogens (tertiary/aromatic N) is 1. The fourth-order valence-electron chi connectivity index (χ4n) is 3.66. The highest BCUT2D eigenvalue weighted by atomic mass is 19.4. The highest BCUT2D eigenvalue weighted by molar-refractivity contribution is 5.97. The molecule has 31 heavy (non-hydrogen) atoms. The lowest BCUT2D eigenvalue weighted by molar-refractivity contribution is -0.139. The lowest BCUT2D eigenvalue weighted by Gasteiger charge is -2.33. The van der Waals surface area contributed by atoms with E-state index in [1.54, 1.807) is 25.1 Å². The fraction of sp³-hybridized carbons (Fsp3) is 0.391. The van der Waals surface area contributed by atoms with Gasteiger partial charge in [-0.2, -0.15) is 13.2 Å². The highest BCUT2D eigenvalue weighted by Crippen LogP contribution is 2.35. The largest absolute Gasteiger partial charge is 0.483 e. The van der Waals surface area contributed by atoms with Crippen LogP contribution in [0.25, 0.3) is 0 Å². The molecule has 1 atom stereocenters. The van der Waals surface area contributed by atoms with Crippen LogP contribution in [-0.2, 0) is 11.0 Å². The Balaban J connectivity index is 1.63. The molecule has 0 aliphatic carbocycles. The molecule has 1 unspecified atom stereocenters. The van der Waals surface area contributed by atoms with Gasteiger partial charge in [0.25, 0.3) is 11.8 Å². The number of aryl methyl sites for hydroxylation is 1. The Bertz CT molecular complexity index is 959. The maximum atomic E-state index is 13.0. The van der Waals surface area contributed by atoms with Crippen molar-refractivity contribution in [3.63, 3.8) is 0 Å². The predicted octanol–water partition coefficient (Wildman–Crippen LogP) is 5.05. The topological polar surface area (TPSA) is 58.6 Å². The van der Waals surface area contributed by atoms with Crippen molar-refractivity contribution in [2.45, 2.75) is 45.3 Å². The summed E-state index contributed by atoms with van der Waals surface area (Å²) in [4.78, 5) is 26.9. The van der Waals surface area contributed by atoms with Crippen LogP contribution in [-0.4, -0.2) is 35.9 Å². The summed E-state index contributed by atoms with van der Waals surface area (Å²) in [6.07, 6.45) is -1.49. The van der Waals surface area contributed by atoms with Crippen molar-refractivity contribution in [1.82, 2.24) is 4.90 Å². The number of carbonyl (C=O) groups is 2. The summed E-state index contributed by atoms with van der Waals surface area (Å²) in [7, 11) is 0. The second-order valence-electron chi connectivity index (χ2n) is 7.70. The smallest absolute Gasteiger partial charge is 0.419 e. The van der Waals surface area contributed by atoms with Gasteiger partial charge in [-0.15, -0.1) is 0 Å². The van der Waals surface area contributed by atoms with Crippen molar-refractivity contribution >= 4 is 17.5 Å². The quantitative estimate of drug-likeness (QED) is 0.717. The molecule has 0 saturated carbocycles. The molecule has 3 rings (SSSR count). The van der Waals surface area contributed by atoms with Crippen molar-refractivity contribution in [1.29, 1.82) is 0 Å². The molecule has 1 heterocycles. The zero-order valence-electron chi connectivity index (χ0n) is 17.5. The molecule has 0 aromatic heterocycles. The van der Waals surface area contributed by atoms with Gasteiger partial charge in [-0.3, -0.25) is 9.59 Å². The first-order valence-electron chi connectivity index (χ1n) is 10.2. The van der Waals surface area contributed by atoms with Gasteiger partial charge in [-0.25, -0.2) is 0 Å². The van der Waals surface area contributed by atoms with Crippen LogP contribution in [0.5, 0.6) is 5.75 Å². The standard InChI is InChI=1S/C23H25F3N2O3/c1-15-13-17(22(30)28-12-6-5-7-16(28)2)10-11-19(15)27-21(29)14-31-20-9-4-3-8-18(20)23(24,25)26/h3-4,8-11,13,16H,5-7,12,14H2,1-2H3,(H,27,29). The number of hydrogen-bond acceptors (Lipinski definition) is 3. The lowest BCUT2D eigenvalue weighted by atomic mass is 10.0. The summed E-state index contributed by atoms with van der Waals surface area (Å²) < 4.78 is 44.2. The van der Waals surface area contributed by atoms with Crippen molar-refractivity contribution in [3.05, 3.63) is 59.2 Å². The lowest BCUT2D eigenvalue weighted by Crippen LogP contribution is -2.42. The normalized spacial score (nSPS) is 16.7. The van der Waals surface area contributed by atoms with Crippen molar-refractivity contribution in [3.8, 4) is 5.75 Å². The molecular formula is C23H25F3N2O3. The monoisotopic (exact) mass is 434 g/mol. The molecule has 5 nitrogen and oxygen atoms in total. The maximum Gasteiger partial charge on any atom is 0.419 e. The first-order chi connectivity index (χ1) is 14.7. The molecule has 1 N–H and O–H groups in total. The van der Waals surface area contributed by atoms with Gasteiger partial charge in [-0.1, -0.05) is 12.1 Å². The number of halogens is 3. The van der Waals surface area contributed by atoms with E-state index in [4.69, 9.17) is 4.74 Å². The number of anilines is 1. The average Bonchev–Trinajstić information content (AvgIpc) is 2.73. The number of ether oxygens (including phenoxy) is 1. The van der Waals surface area contributed by atoms with Gasteiger partial charge in [-0.05, 0) is 69.0 Å². The highest BCUT2D eigenvalue weighted by Gasteiger charge is 2.34. The maximum absolute atomic E-state index is 13.0. The molecule has 8 heteroatoms. The molecule has 1 saturated heterocycles. The van der Waals surface area contributed by atoms with Crippen LogP contribution in [0.1, 0.15) is 47.7 Å². The van der Waals surface area contributed by atoms with E-state index in [1.807, 2.05) is 11.8 Å². The molecule has 1 aliphatic heterocycles. The second-order valence-corrected chi connectivity index (χ2v) is 7.70. The summed E-state index contributed by atoms with van der Waals surface area (Å²) in [6, 6.07) is 9.90. The van der Waals surface area contributed by atoms with Crippen LogP contribution >= 0.6 is 0 Å². The van der Waals surface area contributed by atoms with Gasteiger partial charge in [0, 0.05) is 23.8 Å². The molecule has 0 bridgehead atoms. The Hall–Kier alpha value is -3.03. The van der Waals surface area contributed by atoms with E-state index in [-0.39, 0.29) is 11.9 Å². The van der Waals surface area contributed by atoms with Gasteiger partial charge in [0.05, 0.1) is 5.56 Å². The molecule has 2 amide bonds. The molecule has 2 aromatic rings. The summed E-state index contributed by atoms with van der Waals surface area (Å²) in [6.45, 7) is 3.95. The molecule has 0 spiro atoms. The molecule has 166 valence electrons. The van der Waals surface area contributed by atoms with E-state index in [1.165, 1.54) is 18.2 Å². The van der Waals surface area contributed by atoms with Gasteiger partial charge in [0.15, 0.2) is 6.61 Å². The zero-order chi connectivity index (χ0) is 22.6. The van der Waals surface area contributed by atoms with Crippen molar-refractivity contribution < 1.29 is 27.5 Å². The number of para-hydroxylation sites is 1. The second kappa shape index (κ2) is 9.41. The third-order valence-electron chi connectivity index (χ3n) is 5.36. The minimum atomic E-state index is -4.57. The van der Waals surface area contributed by atoms with E-state index in [0.717, 1.165) is 31.9 Å². The van der Waals surface area contributed by atoms with Crippen molar-refractivity contribution in [2.24, 2.45) is 0 Å².